The topological polar surface area (TPSA) is 59.1 Å². The van der Waals surface area contributed by atoms with Crippen LogP contribution in [0.3, 0.4) is 0 Å². The van der Waals surface area contributed by atoms with E-state index in [1.54, 1.807) is 11.0 Å². The van der Waals surface area contributed by atoms with Gasteiger partial charge in [-0.15, -0.1) is 0 Å². The number of hydrogen-bond acceptors (Lipinski definition) is 4. The molecule has 1 aliphatic rings. The Hall–Kier alpha value is -2.73. The number of carbonyl (C=O) groups is 2. The quantitative estimate of drug-likeness (QED) is 0.580. The Morgan fingerprint density at radius 2 is 1.58 bits per heavy atom. The number of aryl methyl sites for hydroxylation is 2. The van der Waals surface area contributed by atoms with E-state index in [-0.39, 0.29) is 18.4 Å². The van der Waals surface area contributed by atoms with Gasteiger partial charge < -0.3 is 19.3 Å². The van der Waals surface area contributed by atoms with Crippen LogP contribution in [-0.4, -0.2) is 61.0 Å². The maximum atomic E-state index is 12.4. The summed E-state index contributed by atoms with van der Waals surface area (Å²) in [6.07, 6.45) is 1.03. The van der Waals surface area contributed by atoms with Crippen molar-refractivity contribution in [1.29, 1.82) is 0 Å². The zero-order valence-electron chi connectivity index (χ0n) is 18.1. The number of rotatable bonds is 8. The van der Waals surface area contributed by atoms with Crippen molar-refractivity contribution in [2.45, 2.75) is 26.7 Å². The van der Waals surface area contributed by atoms with Gasteiger partial charge >= 0.3 is 0 Å². The van der Waals surface area contributed by atoms with Crippen LogP contribution < -0.4 is 9.47 Å². The second-order valence-electron chi connectivity index (χ2n) is 7.68. The monoisotopic (exact) mass is 444 g/mol. The lowest BCUT2D eigenvalue weighted by Crippen LogP contribution is -2.51. The van der Waals surface area contributed by atoms with E-state index in [9.17, 15) is 9.59 Å². The van der Waals surface area contributed by atoms with Crippen LogP contribution in [0.5, 0.6) is 11.5 Å². The summed E-state index contributed by atoms with van der Waals surface area (Å²) in [7, 11) is 0. The molecule has 1 aliphatic heterocycles. The summed E-state index contributed by atoms with van der Waals surface area (Å²) in [4.78, 5) is 28.4. The Bertz CT molecular complexity index is 910. The van der Waals surface area contributed by atoms with Crippen molar-refractivity contribution >= 4 is 23.4 Å². The van der Waals surface area contributed by atoms with E-state index in [2.05, 4.69) is 0 Å². The third-order valence-electron chi connectivity index (χ3n) is 5.45. The first-order valence-corrected chi connectivity index (χ1v) is 10.9. The molecule has 0 saturated carbocycles. The van der Waals surface area contributed by atoms with Gasteiger partial charge in [0.25, 0.3) is 5.91 Å². The van der Waals surface area contributed by atoms with Gasteiger partial charge in [0.05, 0.1) is 11.6 Å². The van der Waals surface area contributed by atoms with Crippen LogP contribution >= 0.6 is 11.6 Å². The zero-order chi connectivity index (χ0) is 22.2. The van der Waals surface area contributed by atoms with E-state index in [0.29, 0.717) is 62.1 Å². The number of amides is 2. The van der Waals surface area contributed by atoms with Crippen LogP contribution in [0, 0.1) is 13.8 Å². The fraction of sp³-hybridized carbons (Fsp3) is 0.417. The molecule has 1 saturated heterocycles. The van der Waals surface area contributed by atoms with Crippen LogP contribution in [0.15, 0.2) is 42.5 Å². The number of nitrogens with zero attached hydrogens (tertiary/aromatic N) is 2. The number of piperazine rings is 1. The average molecular weight is 445 g/mol. The Kier molecular flexibility index (Phi) is 8.18. The highest BCUT2D eigenvalue weighted by Crippen LogP contribution is 2.23. The third-order valence-corrected chi connectivity index (χ3v) is 5.77. The standard InChI is InChI=1S/C24H29ClN2O4/c1-18-9-10-20(16-19(18)2)31-17-24(29)27-13-11-26(12-14-27)23(28)8-5-15-30-22-7-4-3-6-21(22)25/h3-4,6-7,9-10,16H,5,8,11-15,17H2,1-2H3. The molecule has 0 unspecified atom stereocenters. The fourth-order valence-corrected chi connectivity index (χ4v) is 3.56. The molecule has 0 aliphatic carbocycles. The molecule has 0 radical (unpaired) electrons. The minimum atomic E-state index is -0.0570. The van der Waals surface area contributed by atoms with E-state index in [4.69, 9.17) is 21.1 Å². The van der Waals surface area contributed by atoms with Gasteiger partial charge in [-0.05, 0) is 55.7 Å². The van der Waals surface area contributed by atoms with Gasteiger partial charge in [0.15, 0.2) is 6.61 Å². The molecule has 0 N–H and O–H groups in total. The lowest BCUT2D eigenvalue weighted by atomic mass is 10.1. The van der Waals surface area contributed by atoms with E-state index >= 15 is 0 Å². The first-order chi connectivity index (χ1) is 14.9. The summed E-state index contributed by atoms with van der Waals surface area (Å²) in [6, 6.07) is 13.1. The van der Waals surface area contributed by atoms with Crippen LogP contribution in [0.2, 0.25) is 5.02 Å². The normalized spacial score (nSPS) is 13.8. The Labute approximate surface area is 188 Å². The van der Waals surface area contributed by atoms with E-state index in [1.165, 1.54) is 5.56 Å². The molecular weight excluding hydrogens is 416 g/mol. The van der Waals surface area contributed by atoms with E-state index < -0.39 is 0 Å². The lowest BCUT2D eigenvalue weighted by Gasteiger charge is -2.34. The molecule has 6 nitrogen and oxygen atoms in total. The number of ether oxygens (including phenoxy) is 2. The van der Waals surface area contributed by atoms with Crippen molar-refractivity contribution in [3.05, 3.63) is 58.6 Å². The molecule has 1 fully saturated rings. The number of carbonyl (C=O) groups excluding carboxylic acids is 2. The lowest BCUT2D eigenvalue weighted by molar-refractivity contribution is -0.140. The first-order valence-electron chi connectivity index (χ1n) is 10.6. The van der Waals surface area contributed by atoms with Gasteiger partial charge in [0, 0.05) is 32.6 Å². The van der Waals surface area contributed by atoms with Crippen molar-refractivity contribution in [3.8, 4) is 11.5 Å². The van der Waals surface area contributed by atoms with Gasteiger partial charge in [-0.2, -0.15) is 0 Å². The van der Waals surface area contributed by atoms with Gasteiger partial charge in [-0.25, -0.2) is 0 Å². The minimum absolute atomic E-state index is 0.00975. The second-order valence-corrected chi connectivity index (χ2v) is 8.09. The van der Waals surface area contributed by atoms with E-state index in [1.807, 2.05) is 55.1 Å². The third kappa shape index (κ3) is 6.62. The number of hydrogen-bond donors (Lipinski definition) is 0. The van der Waals surface area contributed by atoms with Crippen molar-refractivity contribution in [3.63, 3.8) is 0 Å². The predicted molar refractivity (Wildman–Crippen MR) is 121 cm³/mol. The van der Waals surface area contributed by atoms with Gasteiger partial charge in [0.1, 0.15) is 11.5 Å². The van der Waals surface area contributed by atoms with Gasteiger partial charge in [-0.3, -0.25) is 9.59 Å². The molecule has 3 rings (SSSR count). The maximum Gasteiger partial charge on any atom is 0.260 e. The molecule has 0 atom stereocenters. The zero-order valence-corrected chi connectivity index (χ0v) is 18.9. The Morgan fingerprint density at radius 1 is 0.903 bits per heavy atom. The van der Waals surface area contributed by atoms with Crippen LogP contribution in [-0.2, 0) is 9.59 Å². The van der Waals surface area contributed by atoms with Gasteiger partial charge in [0.2, 0.25) is 5.91 Å². The predicted octanol–water partition coefficient (Wildman–Crippen LogP) is 3.87. The molecule has 2 amide bonds. The summed E-state index contributed by atoms with van der Waals surface area (Å²) in [5.41, 5.74) is 2.32. The van der Waals surface area contributed by atoms with Crippen LogP contribution in [0.4, 0.5) is 0 Å². The summed E-state index contributed by atoms with van der Waals surface area (Å²) < 4.78 is 11.3. The SMILES string of the molecule is Cc1ccc(OCC(=O)N2CCN(C(=O)CCCOc3ccccc3Cl)CC2)cc1C. The van der Waals surface area contributed by atoms with Crippen LogP contribution in [0.1, 0.15) is 24.0 Å². The number of para-hydroxylation sites is 1. The molecule has 166 valence electrons. The average Bonchev–Trinajstić information content (AvgIpc) is 2.78. The molecule has 2 aromatic rings. The Morgan fingerprint density at radius 3 is 2.26 bits per heavy atom. The largest absolute Gasteiger partial charge is 0.492 e. The summed E-state index contributed by atoms with van der Waals surface area (Å²) in [5.74, 6) is 1.36. The molecule has 0 spiro atoms. The smallest absolute Gasteiger partial charge is 0.260 e. The fourth-order valence-electron chi connectivity index (χ4n) is 3.37. The highest BCUT2D eigenvalue weighted by molar-refractivity contribution is 6.32. The minimum Gasteiger partial charge on any atom is -0.492 e. The molecule has 31 heavy (non-hydrogen) atoms. The summed E-state index contributed by atoms with van der Waals surface area (Å²) >= 11 is 6.06. The van der Waals surface area contributed by atoms with Crippen molar-refractivity contribution in [2.75, 3.05) is 39.4 Å². The molecule has 7 heteroatoms. The summed E-state index contributed by atoms with van der Waals surface area (Å²) in [5, 5.41) is 0.566. The molecule has 0 aromatic heterocycles. The molecule has 2 aromatic carbocycles. The molecule has 1 heterocycles. The highest BCUT2D eigenvalue weighted by atomic mass is 35.5. The van der Waals surface area contributed by atoms with Crippen molar-refractivity contribution < 1.29 is 19.1 Å². The van der Waals surface area contributed by atoms with Crippen LogP contribution in [0.25, 0.3) is 0 Å². The maximum absolute atomic E-state index is 12.4. The molecular formula is C24H29ClN2O4. The highest BCUT2D eigenvalue weighted by Gasteiger charge is 2.24. The first kappa shape index (κ1) is 22.9. The number of benzene rings is 2. The second kappa shape index (κ2) is 11.0. The molecule has 0 bridgehead atoms. The van der Waals surface area contributed by atoms with Crippen molar-refractivity contribution in [1.82, 2.24) is 9.80 Å². The van der Waals surface area contributed by atoms with E-state index in [0.717, 1.165) is 5.56 Å². The number of halogens is 1. The Balaban J connectivity index is 1.34. The van der Waals surface area contributed by atoms with Gasteiger partial charge in [-0.1, -0.05) is 29.8 Å². The summed E-state index contributed by atoms with van der Waals surface area (Å²) in [6.45, 7) is 6.63. The van der Waals surface area contributed by atoms with Crippen molar-refractivity contribution in [2.24, 2.45) is 0 Å².